The lowest BCUT2D eigenvalue weighted by molar-refractivity contribution is -0.125. The molecule has 2 fully saturated rings. The van der Waals surface area contributed by atoms with E-state index in [-0.39, 0.29) is 17.4 Å². The number of likely N-dealkylation sites (tertiary alicyclic amines) is 1. The molecule has 4 heterocycles. The van der Waals surface area contributed by atoms with Crippen LogP contribution in [0, 0.1) is 12.8 Å². The number of hydrogen-bond acceptors (Lipinski definition) is 6. The molecule has 2 aromatic heterocycles. The Morgan fingerprint density at radius 3 is 2.69 bits per heavy atom. The van der Waals surface area contributed by atoms with E-state index in [9.17, 15) is 9.59 Å². The first kappa shape index (κ1) is 24.4. The number of carbonyl (C=O) groups is 1. The maximum absolute atomic E-state index is 13.7. The molecular formula is C28H36N6O2. The lowest BCUT2D eigenvalue weighted by Crippen LogP contribution is -2.46. The number of fused-ring (bicyclic) bond motifs is 1. The third-order valence-electron chi connectivity index (χ3n) is 7.39. The van der Waals surface area contributed by atoms with Crippen molar-refractivity contribution in [3.63, 3.8) is 0 Å². The lowest BCUT2D eigenvalue weighted by Gasteiger charge is -2.32. The summed E-state index contributed by atoms with van der Waals surface area (Å²) in [5, 5.41) is 3.14. The molecule has 8 nitrogen and oxygen atoms in total. The average Bonchev–Trinajstić information content (AvgIpc) is 3.43. The summed E-state index contributed by atoms with van der Waals surface area (Å²) in [5.74, 6) is 0.361. The van der Waals surface area contributed by atoms with Gasteiger partial charge in [-0.05, 0) is 76.4 Å². The Hall–Kier alpha value is -3.26. The Kier molecular flexibility index (Phi) is 7.60. The number of benzene rings is 1. The average molecular weight is 489 g/mol. The number of hydrogen-bond donors (Lipinski definition) is 1. The van der Waals surface area contributed by atoms with Crippen LogP contribution in [0.4, 0.5) is 5.82 Å². The molecule has 1 atom stereocenters. The van der Waals surface area contributed by atoms with Crippen LogP contribution in [0.2, 0.25) is 0 Å². The number of rotatable bonds is 8. The Balaban J connectivity index is 1.31. The highest BCUT2D eigenvalue weighted by Gasteiger charge is 2.28. The van der Waals surface area contributed by atoms with Gasteiger partial charge >= 0.3 is 0 Å². The highest BCUT2D eigenvalue weighted by Crippen LogP contribution is 2.22. The Morgan fingerprint density at radius 2 is 1.89 bits per heavy atom. The van der Waals surface area contributed by atoms with Crippen LogP contribution in [-0.2, 0) is 11.3 Å². The van der Waals surface area contributed by atoms with E-state index in [0.717, 1.165) is 37.9 Å². The third-order valence-corrected chi connectivity index (χ3v) is 7.39. The largest absolute Gasteiger partial charge is 0.356 e. The second kappa shape index (κ2) is 11.2. The van der Waals surface area contributed by atoms with Crippen LogP contribution in [0.25, 0.3) is 11.2 Å². The minimum atomic E-state index is -0.159. The summed E-state index contributed by atoms with van der Waals surface area (Å²) in [4.78, 5) is 40.3. The number of piperidine rings is 1. The van der Waals surface area contributed by atoms with Gasteiger partial charge in [0.1, 0.15) is 5.52 Å². The summed E-state index contributed by atoms with van der Waals surface area (Å²) in [7, 11) is 0. The molecule has 36 heavy (non-hydrogen) atoms. The highest BCUT2D eigenvalue weighted by atomic mass is 16.2. The summed E-state index contributed by atoms with van der Waals surface area (Å²) in [6.07, 6.45) is 6.94. The van der Waals surface area contributed by atoms with Crippen LogP contribution >= 0.6 is 0 Å². The summed E-state index contributed by atoms with van der Waals surface area (Å²) in [6.45, 7) is 7.82. The predicted molar refractivity (Wildman–Crippen MR) is 142 cm³/mol. The normalized spacial score (nSPS) is 18.6. The number of amides is 1. The van der Waals surface area contributed by atoms with Crippen molar-refractivity contribution in [3.05, 3.63) is 64.1 Å². The zero-order valence-corrected chi connectivity index (χ0v) is 21.2. The molecule has 1 amide bonds. The van der Waals surface area contributed by atoms with Crippen LogP contribution in [0.1, 0.15) is 43.2 Å². The van der Waals surface area contributed by atoms with Gasteiger partial charge in [0.05, 0.1) is 12.5 Å². The standard InChI is InChI=1S/C28H36N6O2/c1-21-9-11-22(12-10-21)19-34-25-24(8-4-13-29-25)31-26(28(34)36)33-18-5-7-23(20-33)27(35)30-14-6-17-32-15-2-3-16-32/h4,8-13,23H,2-3,5-7,14-20H2,1H3,(H,30,35). The van der Waals surface area contributed by atoms with Gasteiger partial charge in [0.15, 0.2) is 11.5 Å². The zero-order valence-electron chi connectivity index (χ0n) is 21.2. The van der Waals surface area contributed by atoms with E-state index in [0.29, 0.717) is 36.6 Å². The molecule has 0 aliphatic carbocycles. The number of nitrogens with zero attached hydrogens (tertiary/aromatic N) is 5. The first-order chi connectivity index (χ1) is 17.6. The van der Waals surface area contributed by atoms with Gasteiger partial charge in [0, 0.05) is 25.8 Å². The van der Waals surface area contributed by atoms with E-state index in [1.807, 2.05) is 36.1 Å². The maximum Gasteiger partial charge on any atom is 0.295 e. The topological polar surface area (TPSA) is 83.4 Å². The van der Waals surface area contributed by atoms with E-state index < -0.39 is 0 Å². The quantitative estimate of drug-likeness (QED) is 0.491. The van der Waals surface area contributed by atoms with Crippen molar-refractivity contribution in [1.82, 2.24) is 24.8 Å². The molecule has 1 unspecified atom stereocenters. The van der Waals surface area contributed by atoms with Gasteiger partial charge in [0.25, 0.3) is 5.56 Å². The van der Waals surface area contributed by atoms with Crippen molar-refractivity contribution in [3.8, 4) is 0 Å². The monoisotopic (exact) mass is 488 g/mol. The third kappa shape index (κ3) is 5.59. The minimum absolute atomic E-state index is 0.0866. The second-order valence-electron chi connectivity index (χ2n) is 10.1. The molecule has 2 saturated heterocycles. The van der Waals surface area contributed by atoms with E-state index in [1.54, 1.807) is 10.8 Å². The molecule has 0 saturated carbocycles. The van der Waals surface area contributed by atoms with Crippen molar-refractivity contribution in [2.75, 3.05) is 44.2 Å². The van der Waals surface area contributed by atoms with Gasteiger partial charge in [-0.25, -0.2) is 9.97 Å². The van der Waals surface area contributed by atoms with Gasteiger partial charge in [-0.1, -0.05) is 29.8 Å². The number of pyridine rings is 1. The molecule has 8 heteroatoms. The van der Waals surface area contributed by atoms with E-state index in [2.05, 4.69) is 27.3 Å². The zero-order chi connectivity index (χ0) is 24.9. The van der Waals surface area contributed by atoms with Gasteiger partial charge < -0.3 is 15.1 Å². The maximum atomic E-state index is 13.7. The van der Waals surface area contributed by atoms with Gasteiger partial charge in [0.2, 0.25) is 5.91 Å². The van der Waals surface area contributed by atoms with E-state index >= 15 is 0 Å². The second-order valence-corrected chi connectivity index (χ2v) is 10.1. The number of aromatic nitrogens is 3. The first-order valence-corrected chi connectivity index (χ1v) is 13.2. The van der Waals surface area contributed by atoms with Crippen LogP contribution in [-0.4, -0.2) is 64.6 Å². The van der Waals surface area contributed by atoms with E-state index in [1.165, 1.54) is 31.5 Å². The molecule has 0 radical (unpaired) electrons. The van der Waals surface area contributed by atoms with Crippen LogP contribution in [0.3, 0.4) is 0 Å². The number of nitrogens with one attached hydrogen (secondary N) is 1. The predicted octanol–water partition coefficient (Wildman–Crippen LogP) is 2.97. The fraction of sp³-hybridized carbons (Fsp3) is 0.500. The van der Waals surface area contributed by atoms with E-state index in [4.69, 9.17) is 4.98 Å². The summed E-state index contributed by atoms with van der Waals surface area (Å²) in [5.41, 5.74) is 3.33. The summed E-state index contributed by atoms with van der Waals surface area (Å²) < 4.78 is 1.71. The minimum Gasteiger partial charge on any atom is -0.356 e. The number of carbonyl (C=O) groups excluding carboxylic acids is 1. The van der Waals surface area contributed by atoms with Gasteiger partial charge in [-0.2, -0.15) is 0 Å². The van der Waals surface area contributed by atoms with Crippen molar-refractivity contribution in [2.24, 2.45) is 5.92 Å². The number of anilines is 1. The fourth-order valence-corrected chi connectivity index (χ4v) is 5.34. The molecule has 1 N–H and O–H groups in total. The van der Waals surface area contributed by atoms with Crippen LogP contribution < -0.4 is 15.8 Å². The van der Waals surface area contributed by atoms with Gasteiger partial charge in [-0.3, -0.25) is 14.2 Å². The first-order valence-electron chi connectivity index (χ1n) is 13.2. The lowest BCUT2D eigenvalue weighted by atomic mass is 9.97. The Bertz CT molecular complexity index is 1250. The van der Waals surface area contributed by atoms with Crippen LogP contribution in [0.5, 0.6) is 0 Å². The molecule has 190 valence electrons. The molecule has 5 rings (SSSR count). The molecule has 1 aromatic carbocycles. The van der Waals surface area contributed by atoms with Crippen molar-refractivity contribution < 1.29 is 4.79 Å². The van der Waals surface area contributed by atoms with Gasteiger partial charge in [-0.15, -0.1) is 0 Å². The molecule has 2 aliphatic heterocycles. The summed E-state index contributed by atoms with van der Waals surface area (Å²) in [6, 6.07) is 11.9. The summed E-state index contributed by atoms with van der Waals surface area (Å²) >= 11 is 0. The highest BCUT2D eigenvalue weighted by molar-refractivity contribution is 5.79. The molecular weight excluding hydrogens is 452 g/mol. The van der Waals surface area contributed by atoms with Crippen LogP contribution in [0.15, 0.2) is 47.4 Å². The molecule has 0 bridgehead atoms. The Morgan fingerprint density at radius 1 is 1.08 bits per heavy atom. The number of aryl methyl sites for hydroxylation is 1. The smallest absolute Gasteiger partial charge is 0.295 e. The fourth-order valence-electron chi connectivity index (χ4n) is 5.34. The SMILES string of the molecule is Cc1ccc(Cn2c(=O)c(N3CCCC(C(=O)NCCCN4CCCC4)C3)nc3cccnc32)cc1. The van der Waals surface area contributed by atoms with Crippen molar-refractivity contribution >= 4 is 22.9 Å². The molecule has 0 spiro atoms. The van der Waals surface area contributed by atoms with Crippen molar-refractivity contribution in [2.45, 2.75) is 45.6 Å². The van der Waals surface area contributed by atoms with Crippen molar-refractivity contribution in [1.29, 1.82) is 0 Å². The molecule has 2 aliphatic rings. The molecule has 3 aromatic rings. The Labute approximate surface area is 212 Å².